The molecule has 0 bridgehead atoms. The lowest BCUT2D eigenvalue weighted by molar-refractivity contribution is -0.127. The Morgan fingerprint density at radius 2 is 1.97 bits per heavy atom. The zero-order chi connectivity index (χ0) is 21.8. The fourth-order valence-corrected chi connectivity index (χ4v) is 6.58. The summed E-state index contributed by atoms with van der Waals surface area (Å²) in [6.45, 7) is 2.15. The van der Waals surface area contributed by atoms with E-state index in [2.05, 4.69) is 11.9 Å². The largest absolute Gasteiger partial charge is 0.380 e. The van der Waals surface area contributed by atoms with Crippen molar-refractivity contribution in [3.63, 3.8) is 0 Å². The first kappa shape index (κ1) is 20.4. The summed E-state index contributed by atoms with van der Waals surface area (Å²) in [4.78, 5) is 17.5. The smallest absolute Gasteiger partial charge is 0.371 e. The molecular formula is C24H26N2O4S. The minimum atomic E-state index is -4.03. The van der Waals surface area contributed by atoms with Crippen LogP contribution < -0.4 is 9.32 Å². The average molecular weight is 439 g/mol. The number of ketones is 1. The van der Waals surface area contributed by atoms with Gasteiger partial charge in [-0.1, -0.05) is 13.0 Å². The van der Waals surface area contributed by atoms with E-state index in [1.807, 2.05) is 24.3 Å². The minimum absolute atomic E-state index is 0.263. The summed E-state index contributed by atoms with van der Waals surface area (Å²) >= 11 is 0. The topological polar surface area (TPSA) is 99.3 Å². The van der Waals surface area contributed by atoms with Gasteiger partial charge in [-0.3, -0.25) is 9.78 Å². The molecule has 4 atom stereocenters. The third-order valence-electron chi connectivity index (χ3n) is 7.60. The molecule has 2 aromatic rings. The predicted octanol–water partition coefficient (Wildman–Crippen LogP) is 3.78. The van der Waals surface area contributed by atoms with Gasteiger partial charge in [0.2, 0.25) is 0 Å². The van der Waals surface area contributed by atoms with Gasteiger partial charge in [0.1, 0.15) is 5.75 Å². The number of carbonyl (C=O) groups is 1. The quantitative estimate of drug-likeness (QED) is 0.735. The van der Waals surface area contributed by atoms with Crippen molar-refractivity contribution < 1.29 is 17.4 Å². The molecule has 0 saturated heterocycles. The standard InChI is InChI=1S/C24H26N2O4S/c1-24-9-6-20-19-5-3-18(30-31(25,28)29)13-16(19)2-4-21(20)22(24)14-17(23(24)27)12-15-7-10-26-11-8-15/h3,5,7-8,10-13,20-22H,2,4,6,9,14H2,1H3,(H2,25,28,29)/t20?,21?,22?,24-/m0/s1. The number of benzene rings is 1. The highest BCUT2D eigenvalue weighted by molar-refractivity contribution is 7.84. The lowest BCUT2D eigenvalue weighted by Gasteiger charge is -2.48. The number of hydrogen-bond donors (Lipinski definition) is 1. The molecule has 5 rings (SSSR count). The SMILES string of the molecule is C[C@]12CCC3c4ccc(OS(N)(=O)=O)cc4CCC3C1CC(=Cc1ccncc1)C2=O. The summed E-state index contributed by atoms with van der Waals surface area (Å²) in [5.74, 6) is 1.73. The number of fused-ring (bicyclic) bond motifs is 5. The van der Waals surface area contributed by atoms with E-state index in [-0.39, 0.29) is 11.2 Å². The number of aromatic nitrogens is 1. The molecule has 7 heteroatoms. The van der Waals surface area contributed by atoms with E-state index in [0.29, 0.717) is 23.5 Å². The molecule has 1 heterocycles. The minimum Gasteiger partial charge on any atom is -0.371 e. The van der Waals surface area contributed by atoms with E-state index in [1.54, 1.807) is 24.5 Å². The fraction of sp³-hybridized carbons (Fsp3) is 0.417. The Morgan fingerprint density at radius 3 is 2.71 bits per heavy atom. The first-order valence-electron chi connectivity index (χ1n) is 10.7. The number of hydrogen-bond acceptors (Lipinski definition) is 5. The lowest BCUT2D eigenvalue weighted by Crippen LogP contribution is -2.42. The molecule has 162 valence electrons. The molecule has 0 radical (unpaired) electrons. The molecule has 2 fully saturated rings. The van der Waals surface area contributed by atoms with Crippen molar-refractivity contribution in [2.75, 3.05) is 0 Å². The second kappa shape index (κ2) is 7.28. The van der Waals surface area contributed by atoms with Gasteiger partial charge in [0.05, 0.1) is 0 Å². The Bertz CT molecular complexity index is 1180. The normalized spacial score (nSPS) is 31.1. The van der Waals surface area contributed by atoms with Crippen molar-refractivity contribution in [1.29, 1.82) is 0 Å². The van der Waals surface area contributed by atoms with Gasteiger partial charge < -0.3 is 4.18 Å². The Labute approximate surface area is 182 Å². The van der Waals surface area contributed by atoms with E-state index in [0.717, 1.165) is 48.8 Å². The second-order valence-corrected chi connectivity index (χ2v) is 10.4. The van der Waals surface area contributed by atoms with Crippen molar-refractivity contribution in [3.8, 4) is 5.75 Å². The summed E-state index contributed by atoms with van der Waals surface area (Å²) in [6.07, 6.45) is 10.0. The lowest BCUT2D eigenvalue weighted by atomic mass is 9.55. The van der Waals surface area contributed by atoms with Crippen LogP contribution in [0.2, 0.25) is 0 Å². The zero-order valence-electron chi connectivity index (χ0n) is 17.5. The highest BCUT2D eigenvalue weighted by Gasteiger charge is 2.56. The number of rotatable bonds is 3. The molecule has 1 aromatic carbocycles. The van der Waals surface area contributed by atoms with Crippen LogP contribution in [0, 0.1) is 17.3 Å². The number of carbonyl (C=O) groups excluding carboxylic acids is 1. The number of nitrogens with two attached hydrogens (primary N) is 1. The van der Waals surface area contributed by atoms with Gasteiger partial charge in [-0.25, -0.2) is 0 Å². The van der Waals surface area contributed by atoms with Gasteiger partial charge in [0.15, 0.2) is 5.78 Å². The molecule has 6 nitrogen and oxygen atoms in total. The van der Waals surface area contributed by atoms with Crippen molar-refractivity contribution in [3.05, 3.63) is 65.0 Å². The average Bonchev–Trinajstić information content (AvgIpc) is 2.98. The monoisotopic (exact) mass is 438 g/mol. The van der Waals surface area contributed by atoms with Gasteiger partial charge in [0.25, 0.3) is 0 Å². The van der Waals surface area contributed by atoms with Gasteiger partial charge in [-0.2, -0.15) is 13.6 Å². The fourth-order valence-electron chi connectivity index (χ4n) is 6.20. The van der Waals surface area contributed by atoms with Crippen LogP contribution in [0.1, 0.15) is 55.2 Å². The first-order chi connectivity index (χ1) is 14.7. The van der Waals surface area contributed by atoms with Crippen LogP contribution in [0.5, 0.6) is 5.75 Å². The third kappa shape index (κ3) is 3.59. The molecule has 0 spiro atoms. The van der Waals surface area contributed by atoms with Gasteiger partial charge in [-0.05, 0) is 102 Å². The zero-order valence-corrected chi connectivity index (χ0v) is 18.3. The molecule has 3 aliphatic rings. The Morgan fingerprint density at radius 1 is 1.19 bits per heavy atom. The summed E-state index contributed by atoms with van der Waals surface area (Å²) in [6, 6.07) is 9.35. The van der Waals surface area contributed by atoms with E-state index in [1.165, 1.54) is 5.56 Å². The van der Waals surface area contributed by atoms with Crippen molar-refractivity contribution in [1.82, 2.24) is 4.98 Å². The van der Waals surface area contributed by atoms with Crippen LogP contribution in [0.3, 0.4) is 0 Å². The molecule has 2 N–H and O–H groups in total. The Kier molecular flexibility index (Phi) is 4.79. The molecular weight excluding hydrogens is 412 g/mol. The van der Waals surface area contributed by atoms with Crippen LogP contribution in [0.15, 0.2) is 48.3 Å². The van der Waals surface area contributed by atoms with Crippen molar-refractivity contribution in [2.24, 2.45) is 22.4 Å². The van der Waals surface area contributed by atoms with E-state index in [4.69, 9.17) is 9.32 Å². The molecule has 3 unspecified atom stereocenters. The summed E-state index contributed by atoms with van der Waals surface area (Å²) in [5, 5.41) is 5.01. The summed E-state index contributed by atoms with van der Waals surface area (Å²) < 4.78 is 27.4. The first-order valence-corrected chi connectivity index (χ1v) is 12.2. The van der Waals surface area contributed by atoms with Gasteiger partial charge >= 0.3 is 10.3 Å². The van der Waals surface area contributed by atoms with Crippen LogP contribution in [-0.4, -0.2) is 19.2 Å². The molecule has 31 heavy (non-hydrogen) atoms. The van der Waals surface area contributed by atoms with Gasteiger partial charge in [-0.15, -0.1) is 0 Å². The molecule has 0 amide bonds. The van der Waals surface area contributed by atoms with Crippen LogP contribution in [-0.2, 0) is 21.5 Å². The summed E-state index contributed by atoms with van der Waals surface area (Å²) in [5.41, 5.74) is 4.05. The maximum atomic E-state index is 13.4. The molecule has 3 aliphatic carbocycles. The number of aryl methyl sites for hydroxylation is 1. The van der Waals surface area contributed by atoms with Crippen molar-refractivity contribution in [2.45, 2.75) is 44.9 Å². The maximum absolute atomic E-state index is 13.4. The van der Waals surface area contributed by atoms with Crippen LogP contribution in [0.4, 0.5) is 0 Å². The highest BCUT2D eigenvalue weighted by Crippen LogP contribution is 2.60. The van der Waals surface area contributed by atoms with Crippen molar-refractivity contribution >= 4 is 22.2 Å². The highest BCUT2D eigenvalue weighted by atomic mass is 32.2. The number of Topliss-reactive ketones (excluding diaryl/α,β-unsaturated/α-hetero) is 1. The van der Waals surface area contributed by atoms with Crippen LogP contribution >= 0.6 is 0 Å². The molecule has 2 saturated carbocycles. The number of pyridine rings is 1. The Balaban J connectivity index is 1.44. The Hall–Kier alpha value is -2.51. The molecule has 1 aromatic heterocycles. The number of nitrogens with zero attached hydrogens (tertiary/aromatic N) is 1. The van der Waals surface area contributed by atoms with E-state index < -0.39 is 10.3 Å². The van der Waals surface area contributed by atoms with E-state index >= 15 is 0 Å². The summed E-state index contributed by atoms with van der Waals surface area (Å²) in [7, 11) is -4.03. The third-order valence-corrected chi connectivity index (χ3v) is 8.02. The van der Waals surface area contributed by atoms with E-state index in [9.17, 15) is 13.2 Å². The number of allylic oxidation sites excluding steroid dienone is 1. The maximum Gasteiger partial charge on any atom is 0.380 e. The predicted molar refractivity (Wildman–Crippen MR) is 117 cm³/mol. The van der Waals surface area contributed by atoms with Crippen LogP contribution in [0.25, 0.3) is 6.08 Å². The molecule has 0 aliphatic heterocycles. The second-order valence-electron chi connectivity index (χ2n) is 9.29. The van der Waals surface area contributed by atoms with Gasteiger partial charge in [0, 0.05) is 17.8 Å².